The first-order chi connectivity index (χ1) is 11.1. The zero-order valence-corrected chi connectivity index (χ0v) is 14.3. The highest BCUT2D eigenvalue weighted by molar-refractivity contribution is 6.30. The number of pyridine rings is 1. The van der Waals surface area contributed by atoms with Crippen molar-refractivity contribution >= 4 is 23.2 Å². The molecular formula is C18H22ClN3O. The number of nitrogens with zero attached hydrogens (tertiary/aromatic N) is 2. The van der Waals surface area contributed by atoms with Crippen molar-refractivity contribution in [3.8, 4) is 0 Å². The Balaban J connectivity index is 1.86. The molecule has 1 N–H and O–H groups in total. The van der Waals surface area contributed by atoms with E-state index in [1.165, 1.54) is 0 Å². The standard InChI is InChI=1S/C18H22ClN3O/c1-3-22(4-2)16-9-10-17(21-13-16)18(23)20-12-11-14-5-7-15(19)8-6-14/h5-10,13H,3-4,11-12H2,1-2H3,(H,20,23). The zero-order valence-electron chi connectivity index (χ0n) is 13.6. The molecule has 4 nitrogen and oxygen atoms in total. The molecule has 0 aliphatic rings. The molecule has 5 heteroatoms. The number of hydrogen-bond acceptors (Lipinski definition) is 3. The maximum atomic E-state index is 12.1. The molecule has 0 radical (unpaired) electrons. The maximum absolute atomic E-state index is 12.1. The molecule has 23 heavy (non-hydrogen) atoms. The van der Waals surface area contributed by atoms with Gasteiger partial charge in [0.25, 0.3) is 5.91 Å². The Bertz CT molecular complexity index is 622. The lowest BCUT2D eigenvalue weighted by atomic mass is 10.1. The SMILES string of the molecule is CCN(CC)c1ccc(C(=O)NCCc2ccc(Cl)cc2)nc1. The third-order valence-corrected chi connectivity index (χ3v) is 3.97. The third-order valence-electron chi connectivity index (χ3n) is 3.72. The van der Waals surface area contributed by atoms with Gasteiger partial charge in [0.15, 0.2) is 0 Å². The van der Waals surface area contributed by atoms with Crippen molar-refractivity contribution in [3.05, 3.63) is 58.9 Å². The largest absolute Gasteiger partial charge is 0.371 e. The van der Waals surface area contributed by atoms with E-state index in [0.717, 1.165) is 35.8 Å². The van der Waals surface area contributed by atoms with Gasteiger partial charge in [0.2, 0.25) is 0 Å². The number of aromatic nitrogens is 1. The molecule has 0 fully saturated rings. The number of hydrogen-bond donors (Lipinski definition) is 1. The number of anilines is 1. The van der Waals surface area contributed by atoms with Gasteiger partial charge < -0.3 is 10.2 Å². The van der Waals surface area contributed by atoms with Gasteiger partial charge in [-0.25, -0.2) is 4.98 Å². The normalized spacial score (nSPS) is 10.4. The smallest absolute Gasteiger partial charge is 0.269 e. The van der Waals surface area contributed by atoms with E-state index in [-0.39, 0.29) is 5.91 Å². The molecule has 0 atom stereocenters. The summed E-state index contributed by atoms with van der Waals surface area (Å²) in [7, 11) is 0. The summed E-state index contributed by atoms with van der Waals surface area (Å²) in [5.74, 6) is -0.148. The number of amides is 1. The molecular weight excluding hydrogens is 310 g/mol. The number of nitrogens with one attached hydrogen (secondary N) is 1. The second kappa shape index (κ2) is 8.53. The van der Waals surface area contributed by atoms with Crippen LogP contribution in [-0.4, -0.2) is 30.5 Å². The van der Waals surface area contributed by atoms with Gasteiger partial charge in [0, 0.05) is 24.7 Å². The second-order valence-corrected chi connectivity index (χ2v) is 5.64. The summed E-state index contributed by atoms with van der Waals surface area (Å²) < 4.78 is 0. The van der Waals surface area contributed by atoms with Crippen LogP contribution in [0.1, 0.15) is 29.9 Å². The molecule has 1 amide bonds. The van der Waals surface area contributed by atoms with Gasteiger partial charge >= 0.3 is 0 Å². The minimum atomic E-state index is -0.148. The summed E-state index contributed by atoms with van der Waals surface area (Å²) in [5.41, 5.74) is 2.62. The lowest BCUT2D eigenvalue weighted by Crippen LogP contribution is -2.27. The van der Waals surface area contributed by atoms with Crippen LogP contribution in [0.3, 0.4) is 0 Å². The maximum Gasteiger partial charge on any atom is 0.269 e. The van der Waals surface area contributed by atoms with Crippen LogP contribution in [0.25, 0.3) is 0 Å². The van der Waals surface area contributed by atoms with Crippen molar-refractivity contribution in [1.82, 2.24) is 10.3 Å². The summed E-state index contributed by atoms with van der Waals surface area (Å²) in [5, 5.41) is 3.61. The quantitative estimate of drug-likeness (QED) is 0.843. The summed E-state index contributed by atoms with van der Waals surface area (Å²) >= 11 is 5.85. The van der Waals surface area contributed by atoms with Crippen molar-refractivity contribution in [2.24, 2.45) is 0 Å². The number of rotatable bonds is 7. The van der Waals surface area contributed by atoms with Crippen LogP contribution >= 0.6 is 11.6 Å². The van der Waals surface area contributed by atoms with E-state index in [1.54, 1.807) is 12.3 Å². The van der Waals surface area contributed by atoms with Crippen LogP contribution in [0, 0.1) is 0 Å². The van der Waals surface area contributed by atoms with E-state index in [1.807, 2.05) is 30.3 Å². The summed E-state index contributed by atoms with van der Waals surface area (Å²) in [6.45, 7) is 6.61. The van der Waals surface area contributed by atoms with Crippen molar-refractivity contribution < 1.29 is 4.79 Å². The second-order valence-electron chi connectivity index (χ2n) is 5.21. The Labute approximate surface area is 142 Å². The van der Waals surface area contributed by atoms with Gasteiger partial charge in [0.1, 0.15) is 5.69 Å². The Hall–Kier alpha value is -2.07. The van der Waals surface area contributed by atoms with E-state index in [9.17, 15) is 4.79 Å². The van der Waals surface area contributed by atoms with Gasteiger partial charge in [-0.15, -0.1) is 0 Å². The molecule has 2 aromatic rings. The minimum absolute atomic E-state index is 0.148. The highest BCUT2D eigenvalue weighted by Gasteiger charge is 2.08. The van der Waals surface area contributed by atoms with Crippen molar-refractivity contribution in [2.75, 3.05) is 24.5 Å². The first kappa shape index (κ1) is 17.3. The zero-order chi connectivity index (χ0) is 16.7. The van der Waals surface area contributed by atoms with E-state index < -0.39 is 0 Å². The predicted octanol–water partition coefficient (Wildman–Crippen LogP) is 3.55. The molecule has 0 bridgehead atoms. The van der Waals surface area contributed by atoms with Crippen LogP contribution in [-0.2, 0) is 6.42 Å². The Morgan fingerprint density at radius 3 is 2.39 bits per heavy atom. The third kappa shape index (κ3) is 4.96. The molecule has 0 saturated heterocycles. The van der Waals surface area contributed by atoms with Crippen LogP contribution < -0.4 is 10.2 Å². The fourth-order valence-electron chi connectivity index (χ4n) is 2.36. The first-order valence-electron chi connectivity index (χ1n) is 7.87. The fourth-order valence-corrected chi connectivity index (χ4v) is 2.48. The van der Waals surface area contributed by atoms with Gasteiger partial charge in [0.05, 0.1) is 11.9 Å². The monoisotopic (exact) mass is 331 g/mol. The predicted molar refractivity (Wildman–Crippen MR) is 95.3 cm³/mol. The van der Waals surface area contributed by atoms with Crippen LogP contribution in [0.4, 0.5) is 5.69 Å². The highest BCUT2D eigenvalue weighted by atomic mass is 35.5. The van der Waals surface area contributed by atoms with Gasteiger partial charge in [-0.05, 0) is 50.1 Å². The van der Waals surface area contributed by atoms with Crippen LogP contribution in [0.15, 0.2) is 42.6 Å². The molecule has 1 aromatic heterocycles. The molecule has 122 valence electrons. The van der Waals surface area contributed by atoms with Gasteiger partial charge in [-0.2, -0.15) is 0 Å². The first-order valence-corrected chi connectivity index (χ1v) is 8.25. The van der Waals surface area contributed by atoms with Gasteiger partial charge in [-0.3, -0.25) is 4.79 Å². The Morgan fingerprint density at radius 2 is 1.83 bits per heavy atom. The summed E-state index contributed by atoms with van der Waals surface area (Å²) in [4.78, 5) is 18.6. The molecule has 0 aliphatic heterocycles. The van der Waals surface area contributed by atoms with E-state index in [0.29, 0.717) is 12.2 Å². The van der Waals surface area contributed by atoms with E-state index in [4.69, 9.17) is 11.6 Å². The van der Waals surface area contributed by atoms with Gasteiger partial charge in [-0.1, -0.05) is 23.7 Å². The molecule has 1 aromatic carbocycles. The van der Waals surface area contributed by atoms with Crippen LogP contribution in [0.2, 0.25) is 5.02 Å². The molecule has 2 rings (SSSR count). The molecule has 1 heterocycles. The highest BCUT2D eigenvalue weighted by Crippen LogP contribution is 2.12. The van der Waals surface area contributed by atoms with Crippen molar-refractivity contribution in [1.29, 1.82) is 0 Å². The Morgan fingerprint density at radius 1 is 1.13 bits per heavy atom. The number of carbonyl (C=O) groups is 1. The average molecular weight is 332 g/mol. The minimum Gasteiger partial charge on any atom is -0.371 e. The molecule has 0 spiro atoms. The van der Waals surface area contributed by atoms with Crippen LogP contribution in [0.5, 0.6) is 0 Å². The Kier molecular flexibility index (Phi) is 6.41. The average Bonchev–Trinajstić information content (AvgIpc) is 2.58. The fraction of sp³-hybridized carbons (Fsp3) is 0.333. The lowest BCUT2D eigenvalue weighted by Gasteiger charge is -2.20. The number of carbonyl (C=O) groups excluding carboxylic acids is 1. The van der Waals surface area contributed by atoms with Crippen molar-refractivity contribution in [3.63, 3.8) is 0 Å². The molecule has 0 unspecified atom stereocenters. The summed E-state index contributed by atoms with van der Waals surface area (Å²) in [6.07, 6.45) is 2.52. The molecule has 0 aliphatic carbocycles. The van der Waals surface area contributed by atoms with Crippen molar-refractivity contribution in [2.45, 2.75) is 20.3 Å². The van der Waals surface area contributed by atoms with E-state index in [2.05, 4.69) is 29.0 Å². The van der Waals surface area contributed by atoms with E-state index >= 15 is 0 Å². The molecule has 0 saturated carbocycles. The lowest BCUT2D eigenvalue weighted by molar-refractivity contribution is 0.0949. The summed E-state index contributed by atoms with van der Waals surface area (Å²) in [6, 6.07) is 11.3. The number of halogens is 1. The topological polar surface area (TPSA) is 45.2 Å². The number of benzene rings is 1.